The molecule has 132 valence electrons. The average molecular weight is 358 g/mol. The maximum atomic E-state index is 12.4. The first kappa shape index (κ1) is 17.6. The second kappa shape index (κ2) is 7.80. The molecule has 0 atom stereocenters. The predicted molar refractivity (Wildman–Crippen MR) is 98.0 cm³/mol. The molecule has 0 saturated heterocycles. The van der Waals surface area contributed by atoms with Gasteiger partial charge < -0.3 is 10.6 Å². The minimum atomic E-state index is -3.40. The molecule has 1 aliphatic carbocycles. The summed E-state index contributed by atoms with van der Waals surface area (Å²) in [5.74, 6) is 0.503. The Labute approximate surface area is 148 Å². The third kappa shape index (κ3) is 5.41. The Bertz CT molecular complexity index is 831. The van der Waals surface area contributed by atoms with Crippen LogP contribution in [0.25, 0.3) is 0 Å². The number of amides is 1. The molecule has 1 fully saturated rings. The number of nitrogens with one attached hydrogen (secondary N) is 2. The van der Waals surface area contributed by atoms with Crippen molar-refractivity contribution in [2.24, 2.45) is 5.92 Å². The summed E-state index contributed by atoms with van der Waals surface area (Å²) in [6.07, 6.45) is 2.49. The Morgan fingerprint density at radius 2 is 1.80 bits per heavy atom. The molecule has 0 unspecified atom stereocenters. The summed E-state index contributed by atoms with van der Waals surface area (Å²) in [5.41, 5.74) is 1.26. The van der Waals surface area contributed by atoms with Crippen molar-refractivity contribution in [1.29, 1.82) is 0 Å². The van der Waals surface area contributed by atoms with Crippen molar-refractivity contribution in [3.8, 4) is 0 Å². The quantitative estimate of drug-likeness (QED) is 0.761. The highest BCUT2D eigenvalue weighted by molar-refractivity contribution is 7.90. The van der Waals surface area contributed by atoms with Crippen LogP contribution in [0.5, 0.6) is 0 Å². The second-order valence-electron chi connectivity index (χ2n) is 6.39. The van der Waals surface area contributed by atoms with Gasteiger partial charge in [0.25, 0.3) is 0 Å². The lowest BCUT2D eigenvalue weighted by atomic mass is 10.2. The molecule has 2 aromatic rings. The SMILES string of the molecule is O=C(CNCC1CC1)Nc1cccc(CS(=O)(=O)c2ccccc2)c1. The summed E-state index contributed by atoms with van der Waals surface area (Å²) in [5, 5.41) is 5.94. The fraction of sp³-hybridized carbons (Fsp3) is 0.316. The van der Waals surface area contributed by atoms with Gasteiger partial charge in [-0.3, -0.25) is 4.79 Å². The fourth-order valence-corrected chi connectivity index (χ4v) is 3.94. The second-order valence-corrected chi connectivity index (χ2v) is 8.38. The normalized spacial score (nSPS) is 14.2. The zero-order chi connectivity index (χ0) is 17.7. The molecular weight excluding hydrogens is 336 g/mol. The summed E-state index contributed by atoms with van der Waals surface area (Å²) in [6.45, 7) is 1.14. The molecule has 0 aromatic heterocycles. The van der Waals surface area contributed by atoms with E-state index in [1.54, 1.807) is 54.6 Å². The number of carbonyl (C=O) groups is 1. The van der Waals surface area contributed by atoms with Crippen LogP contribution in [0.4, 0.5) is 5.69 Å². The molecule has 5 nitrogen and oxygen atoms in total. The van der Waals surface area contributed by atoms with E-state index in [9.17, 15) is 13.2 Å². The lowest BCUT2D eigenvalue weighted by Gasteiger charge is -2.09. The minimum absolute atomic E-state index is 0.0966. The van der Waals surface area contributed by atoms with Gasteiger partial charge in [0.05, 0.1) is 17.2 Å². The van der Waals surface area contributed by atoms with E-state index in [1.165, 1.54) is 12.8 Å². The smallest absolute Gasteiger partial charge is 0.238 e. The van der Waals surface area contributed by atoms with E-state index in [0.29, 0.717) is 16.1 Å². The highest BCUT2D eigenvalue weighted by Gasteiger charge is 2.20. The standard InChI is InChI=1S/C19H22N2O3S/c22-19(13-20-12-15-9-10-15)21-17-6-4-5-16(11-17)14-25(23,24)18-7-2-1-3-8-18/h1-8,11,15,20H,9-10,12-14H2,(H,21,22). The zero-order valence-corrected chi connectivity index (χ0v) is 14.8. The van der Waals surface area contributed by atoms with Gasteiger partial charge in [0.2, 0.25) is 5.91 Å². The van der Waals surface area contributed by atoms with Gasteiger partial charge in [-0.2, -0.15) is 0 Å². The number of benzene rings is 2. The Morgan fingerprint density at radius 1 is 1.04 bits per heavy atom. The molecule has 0 radical (unpaired) electrons. The number of rotatable bonds is 8. The van der Waals surface area contributed by atoms with Gasteiger partial charge in [0.15, 0.2) is 9.84 Å². The number of hydrogen-bond donors (Lipinski definition) is 2. The summed E-state index contributed by atoms with van der Waals surface area (Å²) in [4.78, 5) is 12.2. The van der Waals surface area contributed by atoms with E-state index in [-0.39, 0.29) is 18.2 Å². The van der Waals surface area contributed by atoms with E-state index in [1.807, 2.05) is 0 Å². The van der Waals surface area contributed by atoms with Gasteiger partial charge in [-0.1, -0.05) is 30.3 Å². The van der Waals surface area contributed by atoms with E-state index in [2.05, 4.69) is 10.6 Å². The summed E-state index contributed by atoms with van der Waals surface area (Å²) >= 11 is 0. The van der Waals surface area contributed by atoms with Gasteiger partial charge in [-0.15, -0.1) is 0 Å². The van der Waals surface area contributed by atoms with Crippen LogP contribution in [-0.2, 0) is 20.4 Å². The van der Waals surface area contributed by atoms with Crippen LogP contribution in [0, 0.1) is 5.92 Å². The summed E-state index contributed by atoms with van der Waals surface area (Å²) < 4.78 is 24.9. The summed E-state index contributed by atoms with van der Waals surface area (Å²) in [7, 11) is -3.40. The molecule has 2 N–H and O–H groups in total. The Balaban J connectivity index is 1.60. The van der Waals surface area contributed by atoms with E-state index >= 15 is 0 Å². The molecule has 0 heterocycles. The fourth-order valence-electron chi connectivity index (χ4n) is 2.59. The molecule has 2 aromatic carbocycles. The Kier molecular flexibility index (Phi) is 5.50. The third-order valence-corrected chi connectivity index (χ3v) is 5.79. The number of sulfone groups is 1. The van der Waals surface area contributed by atoms with E-state index < -0.39 is 9.84 Å². The summed E-state index contributed by atoms with van der Waals surface area (Å²) in [6, 6.07) is 15.4. The Hall–Kier alpha value is -2.18. The molecule has 25 heavy (non-hydrogen) atoms. The monoisotopic (exact) mass is 358 g/mol. The van der Waals surface area contributed by atoms with Crippen LogP contribution in [0.1, 0.15) is 18.4 Å². The molecule has 6 heteroatoms. The average Bonchev–Trinajstić information content (AvgIpc) is 3.40. The van der Waals surface area contributed by atoms with E-state index in [0.717, 1.165) is 12.5 Å². The molecule has 0 bridgehead atoms. The van der Waals surface area contributed by atoms with Crippen molar-refractivity contribution in [1.82, 2.24) is 5.32 Å². The van der Waals surface area contributed by atoms with Gasteiger partial charge in [0.1, 0.15) is 0 Å². The van der Waals surface area contributed by atoms with Crippen LogP contribution in [0.3, 0.4) is 0 Å². The van der Waals surface area contributed by atoms with Crippen molar-refractivity contribution >= 4 is 21.4 Å². The molecule has 1 amide bonds. The topological polar surface area (TPSA) is 75.3 Å². The first-order valence-corrected chi connectivity index (χ1v) is 10.1. The van der Waals surface area contributed by atoms with Crippen LogP contribution in [-0.4, -0.2) is 27.4 Å². The minimum Gasteiger partial charge on any atom is -0.325 e. The maximum absolute atomic E-state index is 12.4. The van der Waals surface area contributed by atoms with Gasteiger partial charge >= 0.3 is 0 Å². The lowest BCUT2D eigenvalue weighted by Crippen LogP contribution is -2.29. The molecule has 1 saturated carbocycles. The third-order valence-electron chi connectivity index (χ3n) is 4.09. The highest BCUT2D eigenvalue weighted by atomic mass is 32.2. The molecule has 0 spiro atoms. The van der Waals surface area contributed by atoms with Crippen molar-refractivity contribution in [3.63, 3.8) is 0 Å². The van der Waals surface area contributed by atoms with Crippen molar-refractivity contribution in [2.45, 2.75) is 23.5 Å². The van der Waals surface area contributed by atoms with Crippen LogP contribution >= 0.6 is 0 Å². The molecular formula is C19H22N2O3S. The Morgan fingerprint density at radius 3 is 2.52 bits per heavy atom. The first-order valence-electron chi connectivity index (χ1n) is 8.40. The number of carbonyl (C=O) groups excluding carboxylic acids is 1. The molecule has 1 aliphatic rings. The highest BCUT2D eigenvalue weighted by Crippen LogP contribution is 2.27. The van der Waals surface area contributed by atoms with Gasteiger partial charge in [-0.05, 0) is 55.1 Å². The van der Waals surface area contributed by atoms with Crippen molar-refractivity contribution in [2.75, 3.05) is 18.4 Å². The van der Waals surface area contributed by atoms with E-state index in [4.69, 9.17) is 0 Å². The zero-order valence-electron chi connectivity index (χ0n) is 13.9. The first-order chi connectivity index (χ1) is 12.0. The van der Waals surface area contributed by atoms with Crippen molar-refractivity contribution in [3.05, 3.63) is 60.2 Å². The van der Waals surface area contributed by atoms with Crippen LogP contribution < -0.4 is 10.6 Å². The number of hydrogen-bond acceptors (Lipinski definition) is 4. The van der Waals surface area contributed by atoms with Crippen molar-refractivity contribution < 1.29 is 13.2 Å². The molecule has 0 aliphatic heterocycles. The van der Waals surface area contributed by atoms with Crippen LogP contribution in [0.2, 0.25) is 0 Å². The lowest BCUT2D eigenvalue weighted by molar-refractivity contribution is -0.115. The molecule has 3 rings (SSSR count). The number of anilines is 1. The largest absolute Gasteiger partial charge is 0.325 e. The van der Waals surface area contributed by atoms with Gasteiger partial charge in [-0.25, -0.2) is 8.42 Å². The maximum Gasteiger partial charge on any atom is 0.238 e. The van der Waals surface area contributed by atoms with Crippen LogP contribution in [0.15, 0.2) is 59.5 Å². The van der Waals surface area contributed by atoms with Gasteiger partial charge in [0, 0.05) is 5.69 Å². The predicted octanol–water partition coefficient (Wildman–Crippen LogP) is 2.60.